The van der Waals surface area contributed by atoms with Crippen LogP contribution in [0.3, 0.4) is 0 Å². The summed E-state index contributed by atoms with van der Waals surface area (Å²) in [6, 6.07) is 40.2. The van der Waals surface area contributed by atoms with Crippen LogP contribution in [0, 0.1) is 0 Å². The highest BCUT2D eigenvalue weighted by Gasteiger charge is 2.20. The molecule has 1 nitrogen and oxygen atoms in total. The molecule has 0 aliphatic carbocycles. The number of rotatable bonds is 2. The third-order valence-corrected chi connectivity index (χ3v) is 8.57. The predicted octanol–water partition coefficient (Wildman–Crippen LogP) is 10.1. The molecule has 0 saturated carbocycles. The van der Waals surface area contributed by atoms with E-state index >= 15 is 0 Å². The topological polar surface area (TPSA) is 4.93 Å². The highest BCUT2D eigenvalue weighted by atomic mass is 32.1. The van der Waals surface area contributed by atoms with Crippen LogP contribution in [0.5, 0.6) is 0 Å². The van der Waals surface area contributed by atoms with E-state index < -0.39 is 0 Å². The van der Waals surface area contributed by atoms with Crippen molar-refractivity contribution in [2.24, 2.45) is 0 Å². The van der Waals surface area contributed by atoms with E-state index in [0.29, 0.717) is 0 Å². The van der Waals surface area contributed by atoms with Crippen molar-refractivity contribution in [3.05, 3.63) is 115 Å². The minimum absolute atomic E-state index is 0.0884. The first-order valence-electron chi connectivity index (χ1n) is 12.5. The maximum absolute atomic E-state index is 2.48. The maximum Gasteiger partial charge on any atom is 0.0640 e. The first kappa shape index (κ1) is 21.4. The monoisotopic (exact) mass is 481 g/mol. The van der Waals surface area contributed by atoms with Crippen molar-refractivity contribution in [3.8, 4) is 16.8 Å². The van der Waals surface area contributed by atoms with E-state index in [1.54, 1.807) is 0 Å². The zero-order chi connectivity index (χ0) is 24.4. The molecule has 0 bridgehead atoms. The molecule has 36 heavy (non-hydrogen) atoms. The van der Waals surface area contributed by atoms with Crippen molar-refractivity contribution >= 4 is 53.3 Å². The molecule has 0 unspecified atom stereocenters. The molecule has 2 aromatic heterocycles. The van der Waals surface area contributed by atoms with Gasteiger partial charge in [0.15, 0.2) is 0 Å². The molecule has 2 heteroatoms. The Labute approximate surface area is 215 Å². The van der Waals surface area contributed by atoms with Crippen molar-refractivity contribution in [2.45, 2.75) is 26.2 Å². The summed E-state index contributed by atoms with van der Waals surface area (Å²) in [6.45, 7) is 6.88. The van der Waals surface area contributed by atoms with Gasteiger partial charge in [-0.25, -0.2) is 0 Å². The lowest BCUT2D eigenvalue weighted by Crippen LogP contribution is -2.10. The van der Waals surface area contributed by atoms with Crippen molar-refractivity contribution < 1.29 is 0 Å². The van der Waals surface area contributed by atoms with Crippen molar-refractivity contribution in [1.82, 2.24) is 4.57 Å². The average Bonchev–Trinajstić information content (AvgIpc) is 3.44. The number of benzene rings is 5. The largest absolute Gasteiger partial charge is 0.308 e. The first-order valence-corrected chi connectivity index (χ1v) is 13.4. The van der Waals surface area contributed by atoms with E-state index in [2.05, 4.69) is 135 Å². The number of hydrogen-bond donors (Lipinski definition) is 0. The molecule has 0 spiro atoms. The van der Waals surface area contributed by atoms with Gasteiger partial charge in [0.25, 0.3) is 0 Å². The number of thiophene rings is 1. The van der Waals surface area contributed by atoms with Gasteiger partial charge in [-0.1, -0.05) is 93.6 Å². The zero-order valence-corrected chi connectivity index (χ0v) is 21.6. The van der Waals surface area contributed by atoms with E-state index in [4.69, 9.17) is 0 Å². The molecule has 0 atom stereocenters. The van der Waals surface area contributed by atoms with Crippen LogP contribution in [0.25, 0.3) is 58.8 Å². The molecule has 2 heterocycles. The molecule has 5 aromatic carbocycles. The molecule has 0 aliphatic rings. The molecule has 0 N–H and O–H groups in total. The third-order valence-electron chi connectivity index (χ3n) is 7.36. The SMILES string of the molecule is CC(C)(C)c1ccc2c(c1)c1cc(-c3ccccc3)ccc1n2-c1cccc2c1sc1ccccc12. The summed E-state index contributed by atoms with van der Waals surface area (Å²) in [7, 11) is 0. The van der Waals surface area contributed by atoms with Gasteiger partial charge in [-0.3, -0.25) is 0 Å². The highest BCUT2D eigenvalue weighted by molar-refractivity contribution is 7.26. The van der Waals surface area contributed by atoms with Crippen molar-refractivity contribution in [2.75, 3.05) is 0 Å². The summed E-state index contributed by atoms with van der Waals surface area (Å²) in [5.74, 6) is 0. The Hall–Kier alpha value is -3.88. The number of fused-ring (bicyclic) bond motifs is 6. The van der Waals surface area contributed by atoms with E-state index in [1.165, 1.54) is 64.4 Å². The van der Waals surface area contributed by atoms with Crippen LogP contribution in [0.4, 0.5) is 0 Å². The van der Waals surface area contributed by atoms with Crippen LogP contribution in [-0.4, -0.2) is 4.57 Å². The highest BCUT2D eigenvalue weighted by Crippen LogP contribution is 2.42. The van der Waals surface area contributed by atoms with Crippen LogP contribution < -0.4 is 0 Å². The Balaban J connectivity index is 1.60. The van der Waals surface area contributed by atoms with E-state index in [1.807, 2.05) is 11.3 Å². The summed E-state index contributed by atoms with van der Waals surface area (Å²) in [5, 5.41) is 5.28. The second-order valence-electron chi connectivity index (χ2n) is 10.7. The van der Waals surface area contributed by atoms with Crippen LogP contribution in [-0.2, 0) is 5.41 Å². The van der Waals surface area contributed by atoms with Crippen molar-refractivity contribution in [3.63, 3.8) is 0 Å². The third kappa shape index (κ3) is 3.22. The van der Waals surface area contributed by atoms with E-state index in [9.17, 15) is 0 Å². The molecule has 0 amide bonds. The van der Waals surface area contributed by atoms with Gasteiger partial charge in [0.2, 0.25) is 0 Å². The maximum atomic E-state index is 2.48. The summed E-state index contributed by atoms with van der Waals surface area (Å²) < 4.78 is 5.15. The van der Waals surface area contributed by atoms with Gasteiger partial charge in [0, 0.05) is 26.2 Å². The fourth-order valence-corrected chi connectivity index (χ4v) is 6.67. The quantitative estimate of drug-likeness (QED) is 0.231. The van der Waals surface area contributed by atoms with E-state index in [-0.39, 0.29) is 5.41 Å². The second-order valence-corrected chi connectivity index (χ2v) is 11.7. The van der Waals surface area contributed by atoms with Gasteiger partial charge in [0.05, 0.1) is 21.4 Å². The van der Waals surface area contributed by atoms with Crippen molar-refractivity contribution in [1.29, 1.82) is 0 Å². The summed E-state index contributed by atoms with van der Waals surface area (Å²) >= 11 is 1.89. The Morgan fingerprint density at radius 3 is 2.06 bits per heavy atom. The van der Waals surface area contributed by atoms with Gasteiger partial charge in [-0.2, -0.15) is 0 Å². The summed E-state index contributed by atoms with van der Waals surface area (Å²) in [5.41, 5.74) is 7.71. The Morgan fingerprint density at radius 2 is 1.25 bits per heavy atom. The predicted molar refractivity (Wildman–Crippen MR) is 158 cm³/mol. The van der Waals surface area contributed by atoms with Gasteiger partial charge >= 0.3 is 0 Å². The minimum atomic E-state index is 0.0884. The standard InChI is InChI=1S/C34H27NS/c1-34(2,3)24-17-19-30-28(21-24)27-20-23(22-10-5-4-6-11-22)16-18-29(27)35(30)31-14-9-13-26-25-12-7-8-15-32(25)36-33(26)31/h4-21H,1-3H3. The zero-order valence-electron chi connectivity index (χ0n) is 20.7. The lowest BCUT2D eigenvalue weighted by molar-refractivity contribution is 0.591. The summed E-state index contributed by atoms with van der Waals surface area (Å²) in [4.78, 5) is 0. The lowest BCUT2D eigenvalue weighted by atomic mass is 9.86. The van der Waals surface area contributed by atoms with Gasteiger partial charge in [-0.15, -0.1) is 11.3 Å². The minimum Gasteiger partial charge on any atom is -0.308 e. The smallest absolute Gasteiger partial charge is 0.0640 e. The normalized spacial score (nSPS) is 12.3. The molecule has 7 rings (SSSR count). The Morgan fingerprint density at radius 1 is 0.556 bits per heavy atom. The number of nitrogens with zero attached hydrogens (tertiary/aromatic N) is 1. The first-order chi connectivity index (χ1) is 17.5. The molecular formula is C34H27NS. The number of hydrogen-bond acceptors (Lipinski definition) is 1. The van der Waals surface area contributed by atoms with Crippen LogP contribution >= 0.6 is 11.3 Å². The van der Waals surface area contributed by atoms with Crippen LogP contribution in [0.1, 0.15) is 26.3 Å². The van der Waals surface area contributed by atoms with Gasteiger partial charge in [0.1, 0.15) is 0 Å². The molecule has 0 radical (unpaired) electrons. The van der Waals surface area contributed by atoms with Crippen LogP contribution in [0.15, 0.2) is 109 Å². The molecule has 0 fully saturated rings. The molecular weight excluding hydrogens is 454 g/mol. The average molecular weight is 482 g/mol. The molecule has 174 valence electrons. The van der Waals surface area contributed by atoms with Crippen LogP contribution in [0.2, 0.25) is 0 Å². The van der Waals surface area contributed by atoms with Gasteiger partial charge in [-0.05, 0) is 58.5 Å². The number of aromatic nitrogens is 1. The van der Waals surface area contributed by atoms with Gasteiger partial charge < -0.3 is 4.57 Å². The fourth-order valence-electron chi connectivity index (χ4n) is 5.47. The molecule has 0 aliphatic heterocycles. The Kier molecular flexibility index (Phi) is 4.64. The Bertz CT molecular complexity index is 1910. The molecule has 0 saturated heterocycles. The fraction of sp³-hybridized carbons (Fsp3) is 0.118. The second kappa shape index (κ2) is 7.81. The van der Waals surface area contributed by atoms with E-state index in [0.717, 1.165) is 0 Å². The molecule has 7 aromatic rings. The lowest BCUT2D eigenvalue weighted by Gasteiger charge is -2.19. The summed E-state index contributed by atoms with van der Waals surface area (Å²) in [6.07, 6.45) is 0.